The molecular weight excluding hydrogens is 328 g/mol. The van der Waals surface area contributed by atoms with Gasteiger partial charge in [-0.15, -0.1) is 0 Å². The van der Waals surface area contributed by atoms with Gasteiger partial charge in [0.25, 0.3) is 0 Å². The van der Waals surface area contributed by atoms with Crippen molar-refractivity contribution in [2.45, 2.75) is 39.2 Å². The van der Waals surface area contributed by atoms with Crippen molar-refractivity contribution in [1.82, 2.24) is 19.8 Å². The number of benzene rings is 1. The molecule has 6 nitrogen and oxygen atoms in total. The van der Waals surface area contributed by atoms with E-state index in [4.69, 9.17) is 4.98 Å². The monoisotopic (exact) mass is 354 g/mol. The van der Waals surface area contributed by atoms with E-state index in [-0.39, 0.29) is 23.8 Å². The predicted octanol–water partition coefficient (Wildman–Crippen LogP) is 2.73. The number of fused-ring (bicyclic) bond motifs is 1. The van der Waals surface area contributed by atoms with E-state index in [0.717, 1.165) is 42.8 Å². The van der Waals surface area contributed by atoms with Crippen LogP contribution in [0.15, 0.2) is 24.3 Å². The maximum Gasteiger partial charge on any atom is 0.228 e. The van der Waals surface area contributed by atoms with E-state index in [0.29, 0.717) is 18.9 Å². The molecule has 0 bridgehead atoms. The van der Waals surface area contributed by atoms with E-state index in [1.165, 1.54) is 0 Å². The Bertz CT molecular complexity index is 795. The van der Waals surface area contributed by atoms with Gasteiger partial charge in [-0.1, -0.05) is 26.0 Å². The van der Waals surface area contributed by atoms with Gasteiger partial charge in [0.15, 0.2) is 0 Å². The summed E-state index contributed by atoms with van der Waals surface area (Å²) in [7, 11) is 0. The predicted molar refractivity (Wildman–Crippen MR) is 99.3 cm³/mol. The maximum absolute atomic E-state index is 13.1. The van der Waals surface area contributed by atoms with Crippen molar-refractivity contribution in [2.75, 3.05) is 19.6 Å². The number of nitrogens with one attached hydrogen (secondary N) is 1. The van der Waals surface area contributed by atoms with Gasteiger partial charge in [0.2, 0.25) is 11.8 Å². The van der Waals surface area contributed by atoms with Crippen molar-refractivity contribution >= 4 is 22.8 Å². The molecule has 2 aliphatic rings. The summed E-state index contributed by atoms with van der Waals surface area (Å²) in [4.78, 5) is 37.2. The van der Waals surface area contributed by atoms with Crippen molar-refractivity contribution in [3.63, 3.8) is 0 Å². The fraction of sp³-hybridized carbons (Fsp3) is 0.550. The molecule has 2 saturated heterocycles. The SMILES string of the molecule is CC(C)CN1C[C@@H](C(=O)N2CCC[C@H]2c2nc3ccccc3[nH]2)CC1=O. The van der Waals surface area contributed by atoms with Crippen molar-refractivity contribution in [2.24, 2.45) is 11.8 Å². The van der Waals surface area contributed by atoms with Gasteiger partial charge in [0, 0.05) is 26.1 Å². The molecule has 0 spiro atoms. The van der Waals surface area contributed by atoms with Crippen molar-refractivity contribution in [1.29, 1.82) is 0 Å². The molecule has 26 heavy (non-hydrogen) atoms. The second kappa shape index (κ2) is 6.74. The molecule has 0 aliphatic carbocycles. The number of hydrogen-bond acceptors (Lipinski definition) is 3. The first-order valence-corrected chi connectivity index (χ1v) is 9.56. The van der Waals surface area contributed by atoms with Gasteiger partial charge in [0.1, 0.15) is 5.82 Å². The Morgan fingerprint density at radius 2 is 2.15 bits per heavy atom. The highest BCUT2D eigenvalue weighted by Crippen LogP contribution is 2.34. The number of amides is 2. The number of carbonyl (C=O) groups is 2. The van der Waals surface area contributed by atoms with Crippen LogP contribution in [0.4, 0.5) is 0 Å². The Kier molecular flexibility index (Phi) is 4.42. The van der Waals surface area contributed by atoms with Gasteiger partial charge in [-0.05, 0) is 30.9 Å². The molecule has 3 heterocycles. The van der Waals surface area contributed by atoms with Crippen LogP contribution in [0.3, 0.4) is 0 Å². The summed E-state index contributed by atoms with van der Waals surface area (Å²) in [6.45, 7) is 6.23. The first kappa shape index (κ1) is 17.1. The molecule has 2 amide bonds. The number of carbonyl (C=O) groups excluding carboxylic acids is 2. The van der Waals surface area contributed by atoms with E-state index < -0.39 is 0 Å². The third kappa shape index (κ3) is 3.08. The Morgan fingerprint density at radius 1 is 1.35 bits per heavy atom. The topological polar surface area (TPSA) is 69.3 Å². The zero-order valence-corrected chi connectivity index (χ0v) is 15.4. The second-order valence-corrected chi connectivity index (χ2v) is 7.92. The van der Waals surface area contributed by atoms with Crippen LogP contribution in [-0.2, 0) is 9.59 Å². The summed E-state index contributed by atoms with van der Waals surface area (Å²) < 4.78 is 0. The molecule has 138 valence electrons. The van der Waals surface area contributed by atoms with Crippen molar-refractivity contribution < 1.29 is 9.59 Å². The highest BCUT2D eigenvalue weighted by atomic mass is 16.2. The quantitative estimate of drug-likeness (QED) is 0.918. The number of hydrogen-bond donors (Lipinski definition) is 1. The van der Waals surface area contributed by atoms with Crippen LogP contribution < -0.4 is 0 Å². The Labute approximate surface area is 153 Å². The summed E-state index contributed by atoms with van der Waals surface area (Å²) in [6, 6.07) is 7.93. The van der Waals surface area contributed by atoms with Gasteiger partial charge in [-0.25, -0.2) is 4.98 Å². The normalized spacial score (nSPS) is 23.6. The number of likely N-dealkylation sites (tertiary alicyclic amines) is 2. The highest BCUT2D eigenvalue weighted by molar-refractivity contribution is 5.89. The lowest BCUT2D eigenvalue weighted by molar-refractivity contribution is -0.136. The van der Waals surface area contributed by atoms with Crippen LogP contribution in [-0.4, -0.2) is 51.2 Å². The number of para-hydroxylation sites is 2. The van der Waals surface area contributed by atoms with Gasteiger partial charge in [-0.2, -0.15) is 0 Å². The minimum absolute atomic E-state index is 0.0100. The number of aromatic nitrogens is 2. The molecule has 4 rings (SSSR count). The van der Waals surface area contributed by atoms with Gasteiger partial charge < -0.3 is 14.8 Å². The zero-order valence-electron chi connectivity index (χ0n) is 15.4. The summed E-state index contributed by atoms with van der Waals surface area (Å²) in [5.74, 6) is 1.28. The van der Waals surface area contributed by atoms with E-state index in [1.54, 1.807) is 0 Å². The van der Waals surface area contributed by atoms with Crippen LogP contribution in [0.25, 0.3) is 11.0 Å². The molecule has 0 radical (unpaired) electrons. The first-order chi connectivity index (χ1) is 12.5. The van der Waals surface area contributed by atoms with Crippen molar-refractivity contribution in [3.05, 3.63) is 30.1 Å². The number of H-pyrrole nitrogens is 1. The maximum atomic E-state index is 13.1. The van der Waals surface area contributed by atoms with E-state index in [1.807, 2.05) is 34.1 Å². The molecule has 1 aromatic carbocycles. The van der Waals surface area contributed by atoms with E-state index in [2.05, 4.69) is 18.8 Å². The summed E-state index contributed by atoms with van der Waals surface area (Å²) in [5, 5.41) is 0. The Hall–Kier alpha value is -2.37. The fourth-order valence-corrected chi connectivity index (χ4v) is 4.23. The summed E-state index contributed by atoms with van der Waals surface area (Å²) >= 11 is 0. The molecule has 6 heteroatoms. The molecule has 0 saturated carbocycles. The van der Waals surface area contributed by atoms with Crippen LogP contribution >= 0.6 is 0 Å². The lowest BCUT2D eigenvalue weighted by Crippen LogP contribution is -2.37. The van der Waals surface area contributed by atoms with Gasteiger partial charge in [0.05, 0.1) is 23.0 Å². The van der Waals surface area contributed by atoms with Crippen LogP contribution in [0.5, 0.6) is 0 Å². The van der Waals surface area contributed by atoms with Crippen LogP contribution in [0.2, 0.25) is 0 Å². The molecule has 2 atom stereocenters. The zero-order chi connectivity index (χ0) is 18.3. The lowest BCUT2D eigenvalue weighted by atomic mass is 10.1. The number of nitrogens with zero attached hydrogens (tertiary/aromatic N) is 3. The van der Waals surface area contributed by atoms with Gasteiger partial charge >= 0.3 is 0 Å². The second-order valence-electron chi connectivity index (χ2n) is 7.92. The number of aromatic amines is 1. The number of imidazole rings is 1. The minimum Gasteiger partial charge on any atom is -0.342 e. The minimum atomic E-state index is -0.216. The molecular formula is C20H26N4O2. The Balaban J connectivity index is 1.51. The fourth-order valence-electron chi connectivity index (χ4n) is 4.23. The third-order valence-electron chi connectivity index (χ3n) is 5.41. The third-order valence-corrected chi connectivity index (χ3v) is 5.41. The summed E-state index contributed by atoms with van der Waals surface area (Å²) in [6.07, 6.45) is 2.24. The molecule has 1 aromatic heterocycles. The molecule has 1 N–H and O–H groups in total. The Morgan fingerprint density at radius 3 is 2.92 bits per heavy atom. The summed E-state index contributed by atoms with van der Waals surface area (Å²) in [5.41, 5.74) is 1.93. The van der Waals surface area contributed by atoms with E-state index in [9.17, 15) is 9.59 Å². The van der Waals surface area contributed by atoms with Crippen molar-refractivity contribution in [3.8, 4) is 0 Å². The highest BCUT2D eigenvalue weighted by Gasteiger charge is 2.40. The van der Waals surface area contributed by atoms with Crippen LogP contribution in [0.1, 0.15) is 45.0 Å². The first-order valence-electron chi connectivity index (χ1n) is 9.56. The smallest absolute Gasteiger partial charge is 0.228 e. The molecule has 2 fully saturated rings. The van der Waals surface area contributed by atoms with Gasteiger partial charge in [-0.3, -0.25) is 9.59 Å². The number of rotatable bonds is 4. The average Bonchev–Trinajstić information content (AvgIpc) is 3.31. The average molecular weight is 354 g/mol. The molecule has 2 aromatic rings. The molecule has 0 unspecified atom stereocenters. The van der Waals surface area contributed by atoms with E-state index >= 15 is 0 Å². The lowest BCUT2D eigenvalue weighted by Gasteiger charge is -2.26. The van der Waals surface area contributed by atoms with Crippen LogP contribution in [0, 0.1) is 11.8 Å². The molecule has 2 aliphatic heterocycles. The largest absolute Gasteiger partial charge is 0.342 e. The standard InChI is InChI=1S/C20H26N4O2/c1-13(2)11-23-12-14(10-18(23)25)20(26)24-9-5-8-17(24)19-21-15-6-3-4-7-16(15)22-19/h3-4,6-7,13-14,17H,5,8-12H2,1-2H3,(H,21,22)/t14-,17-/m0/s1.